The Morgan fingerprint density at radius 1 is 1.25 bits per heavy atom. The summed E-state index contributed by atoms with van der Waals surface area (Å²) in [7, 11) is 0. The normalized spacial score (nSPS) is 18.0. The lowest BCUT2D eigenvalue weighted by atomic mass is 10.1. The molecule has 1 fully saturated rings. The van der Waals surface area contributed by atoms with E-state index in [4.69, 9.17) is 9.47 Å². The quantitative estimate of drug-likeness (QED) is 0.863. The van der Waals surface area contributed by atoms with Crippen LogP contribution in [0, 0.1) is 0 Å². The maximum Gasteiger partial charge on any atom is 0.259 e. The van der Waals surface area contributed by atoms with E-state index in [1.54, 1.807) is 24.0 Å². The number of anilines is 2. The van der Waals surface area contributed by atoms with Gasteiger partial charge in [-0.1, -0.05) is 12.1 Å². The third kappa shape index (κ3) is 3.87. The number of hydrogen-bond acceptors (Lipinski definition) is 4. The van der Waals surface area contributed by atoms with E-state index in [9.17, 15) is 9.59 Å². The van der Waals surface area contributed by atoms with E-state index < -0.39 is 0 Å². The number of nitrogens with one attached hydrogen (secondary N) is 1. The van der Waals surface area contributed by atoms with Gasteiger partial charge in [-0.3, -0.25) is 9.59 Å². The van der Waals surface area contributed by atoms with Crippen LogP contribution in [0.15, 0.2) is 42.5 Å². The van der Waals surface area contributed by atoms with E-state index in [0.717, 1.165) is 37.1 Å². The topological polar surface area (TPSA) is 67.9 Å². The van der Waals surface area contributed by atoms with Crippen molar-refractivity contribution >= 4 is 23.2 Å². The Kier molecular flexibility index (Phi) is 5.30. The van der Waals surface area contributed by atoms with Gasteiger partial charge in [0.1, 0.15) is 12.4 Å². The summed E-state index contributed by atoms with van der Waals surface area (Å²) in [6.45, 7) is 3.47. The molecule has 0 aliphatic carbocycles. The molecule has 0 aromatic heterocycles. The zero-order valence-corrected chi connectivity index (χ0v) is 15.9. The fourth-order valence-corrected chi connectivity index (χ4v) is 3.74. The average molecular weight is 380 g/mol. The molecule has 6 heteroatoms. The summed E-state index contributed by atoms with van der Waals surface area (Å²) in [5.41, 5.74) is 3.19. The van der Waals surface area contributed by atoms with Crippen molar-refractivity contribution < 1.29 is 19.1 Å². The molecule has 2 aliphatic rings. The number of fused-ring (bicyclic) bond motifs is 1. The number of hydrogen-bond donors (Lipinski definition) is 1. The number of carbonyl (C=O) groups excluding carboxylic acids is 2. The van der Waals surface area contributed by atoms with Crippen molar-refractivity contribution in [1.82, 2.24) is 0 Å². The Morgan fingerprint density at radius 3 is 2.89 bits per heavy atom. The highest BCUT2D eigenvalue weighted by Crippen LogP contribution is 2.31. The molecule has 0 unspecified atom stereocenters. The van der Waals surface area contributed by atoms with Gasteiger partial charge < -0.3 is 19.7 Å². The summed E-state index contributed by atoms with van der Waals surface area (Å²) in [6.07, 6.45) is 2.92. The Hall–Kier alpha value is -2.86. The van der Waals surface area contributed by atoms with Crippen molar-refractivity contribution in [3.05, 3.63) is 53.6 Å². The molecule has 2 heterocycles. The predicted octanol–water partition coefficient (Wildman–Crippen LogP) is 3.41. The maximum atomic E-state index is 12.8. The molecule has 1 atom stereocenters. The molecule has 2 aromatic rings. The van der Waals surface area contributed by atoms with Gasteiger partial charge in [-0.15, -0.1) is 0 Å². The second-order valence-corrected chi connectivity index (χ2v) is 7.16. The van der Waals surface area contributed by atoms with Crippen LogP contribution in [0.25, 0.3) is 0 Å². The number of carbonyl (C=O) groups is 2. The minimum atomic E-state index is -0.218. The van der Waals surface area contributed by atoms with Crippen LogP contribution in [-0.2, 0) is 16.0 Å². The largest absolute Gasteiger partial charge is 0.490 e. The zero-order chi connectivity index (χ0) is 19.5. The average Bonchev–Trinajstić information content (AvgIpc) is 3.36. The van der Waals surface area contributed by atoms with Gasteiger partial charge in [-0.2, -0.15) is 0 Å². The summed E-state index contributed by atoms with van der Waals surface area (Å²) in [5.74, 6) is 0.372. The first-order chi connectivity index (χ1) is 13.6. The molecule has 1 N–H and O–H groups in total. The SMILES string of the molecule is CC(=O)N1CCc2cc(NC(=O)c3ccccc3OC[C@@H]3CCCO3)ccc21. The van der Waals surface area contributed by atoms with E-state index in [1.807, 2.05) is 30.3 Å². The standard InChI is InChI=1S/C22H24N2O4/c1-15(25)24-11-10-16-13-17(8-9-20(16)24)23-22(26)19-6-2-3-7-21(19)28-14-18-5-4-12-27-18/h2-3,6-9,13,18H,4-5,10-12,14H2,1H3,(H,23,26)/t18-/m0/s1. The van der Waals surface area contributed by atoms with Gasteiger partial charge in [0.05, 0.1) is 11.7 Å². The Labute approximate surface area is 164 Å². The van der Waals surface area contributed by atoms with Crippen molar-refractivity contribution in [1.29, 1.82) is 0 Å². The van der Waals surface area contributed by atoms with Gasteiger partial charge in [-0.05, 0) is 55.2 Å². The van der Waals surface area contributed by atoms with Crippen LogP contribution < -0.4 is 15.0 Å². The van der Waals surface area contributed by atoms with E-state index >= 15 is 0 Å². The maximum absolute atomic E-state index is 12.8. The number of para-hydroxylation sites is 1. The minimum Gasteiger partial charge on any atom is -0.490 e. The smallest absolute Gasteiger partial charge is 0.259 e. The van der Waals surface area contributed by atoms with E-state index in [2.05, 4.69) is 5.32 Å². The zero-order valence-electron chi connectivity index (χ0n) is 15.9. The number of nitrogens with zero attached hydrogens (tertiary/aromatic N) is 1. The summed E-state index contributed by atoms with van der Waals surface area (Å²) in [5, 5.41) is 2.95. The minimum absolute atomic E-state index is 0.0350. The molecule has 28 heavy (non-hydrogen) atoms. The monoisotopic (exact) mass is 380 g/mol. The molecule has 2 aliphatic heterocycles. The summed E-state index contributed by atoms with van der Waals surface area (Å²) < 4.78 is 11.4. The van der Waals surface area contributed by atoms with Gasteiger partial charge in [0, 0.05) is 31.5 Å². The van der Waals surface area contributed by atoms with Crippen LogP contribution in [0.4, 0.5) is 11.4 Å². The first-order valence-electron chi connectivity index (χ1n) is 9.67. The molecule has 6 nitrogen and oxygen atoms in total. The first kappa shape index (κ1) is 18.5. The van der Waals surface area contributed by atoms with Crippen molar-refractivity contribution in [2.24, 2.45) is 0 Å². The van der Waals surface area contributed by atoms with Crippen LogP contribution >= 0.6 is 0 Å². The van der Waals surface area contributed by atoms with Crippen molar-refractivity contribution in [2.75, 3.05) is 30.0 Å². The van der Waals surface area contributed by atoms with Crippen LogP contribution in [0.5, 0.6) is 5.75 Å². The fraction of sp³-hybridized carbons (Fsp3) is 0.364. The number of benzene rings is 2. The van der Waals surface area contributed by atoms with Crippen LogP contribution in [0.1, 0.15) is 35.7 Å². The molecular formula is C22H24N2O4. The third-order valence-corrected chi connectivity index (χ3v) is 5.19. The fourth-order valence-electron chi connectivity index (χ4n) is 3.74. The van der Waals surface area contributed by atoms with Crippen LogP contribution in [-0.4, -0.2) is 37.7 Å². The highest BCUT2D eigenvalue weighted by molar-refractivity contribution is 6.06. The highest BCUT2D eigenvalue weighted by atomic mass is 16.5. The number of ether oxygens (including phenoxy) is 2. The van der Waals surface area contributed by atoms with E-state index in [0.29, 0.717) is 30.2 Å². The molecule has 0 saturated carbocycles. The molecule has 0 bridgehead atoms. The molecule has 1 saturated heterocycles. The molecular weight excluding hydrogens is 356 g/mol. The Balaban J connectivity index is 1.46. The van der Waals surface area contributed by atoms with Gasteiger partial charge in [0.2, 0.25) is 5.91 Å². The van der Waals surface area contributed by atoms with Crippen LogP contribution in [0.2, 0.25) is 0 Å². The summed E-state index contributed by atoms with van der Waals surface area (Å²) in [6, 6.07) is 12.9. The lowest BCUT2D eigenvalue weighted by Crippen LogP contribution is -2.25. The second-order valence-electron chi connectivity index (χ2n) is 7.16. The van der Waals surface area contributed by atoms with Crippen molar-refractivity contribution in [3.8, 4) is 5.75 Å². The Bertz CT molecular complexity index is 890. The number of amides is 2. The van der Waals surface area contributed by atoms with E-state index in [-0.39, 0.29) is 17.9 Å². The lowest BCUT2D eigenvalue weighted by molar-refractivity contribution is -0.116. The summed E-state index contributed by atoms with van der Waals surface area (Å²) >= 11 is 0. The molecule has 2 aromatic carbocycles. The van der Waals surface area contributed by atoms with Gasteiger partial charge in [0.15, 0.2) is 0 Å². The van der Waals surface area contributed by atoms with Crippen molar-refractivity contribution in [2.45, 2.75) is 32.3 Å². The molecule has 2 amide bonds. The van der Waals surface area contributed by atoms with Gasteiger partial charge >= 0.3 is 0 Å². The molecule has 4 rings (SSSR count). The Morgan fingerprint density at radius 2 is 2.11 bits per heavy atom. The molecule has 0 radical (unpaired) electrons. The van der Waals surface area contributed by atoms with E-state index in [1.165, 1.54) is 0 Å². The van der Waals surface area contributed by atoms with Gasteiger partial charge in [0.25, 0.3) is 5.91 Å². The highest BCUT2D eigenvalue weighted by Gasteiger charge is 2.23. The molecule has 146 valence electrons. The number of rotatable bonds is 5. The van der Waals surface area contributed by atoms with Crippen molar-refractivity contribution in [3.63, 3.8) is 0 Å². The lowest BCUT2D eigenvalue weighted by Gasteiger charge is -2.16. The summed E-state index contributed by atoms with van der Waals surface area (Å²) in [4.78, 5) is 26.3. The van der Waals surface area contributed by atoms with Gasteiger partial charge in [-0.25, -0.2) is 0 Å². The third-order valence-electron chi connectivity index (χ3n) is 5.19. The molecule has 0 spiro atoms. The van der Waals surface area contributed by atoms with Crippen LogP contribution in [0.3, 0.4) is 0 Å². The first-order valence-corrected chi connectivity index (χ1v) is 9.67. The predicted molar refractivity (Wildman–Crippen MR) is 107 cm³/mol. The second kappa shape index (κ2) is 8.02.